The van der Waals surface area contributed by atoms with Gasteiger partial charge in [-0.1, -0.05) is 158 Å². The van der Waals surface area contributed by atoms with Crippen LogP contribution in [0.15, 0.2) is 212 Å². The lowest BCUT2D eigenvalue weighted by Gasteiger charge is -2.34. The van der Waals surface area contributed by atoms with E-state index in [2.05, 4.69) is 237 Å². The van der Waals surface area contributed by atoms with Crippen LogP contribution < -0.4 is 24.5 Å². The third-order valence-corrected chi connectivity index (χ3v) is 13.7. The fourth-order valence-electron chi connectivity index (χ4n) is 8.55. The van der Waals surface area contributed by atoms with Gasteiger partial charge >= 0.3 is 0 Å². The molecule has 0 N–H and O–H groups in total. The Hall–Kier alpha value is -6.82. The molecule has 7 aromatic rings. The number of benzene rings is 7. The summed E-state index contributed by atoms with van der Waals surface area (Å²) in [4.78, 5) is 4.81. The lowest BCUT2D eigenvalue weighted by molar-refractivity contribution is 0.250. The fraction of sp³-hybridized carbons (Fsp3) is 0.143. The number of hydrogen-bond acceptors (Lipinski definition) is 4. The monoisotopic (exact) mass is 812 g/mol. The van der Waals surface area contributed by atoms with Gasteiger partial charge in [0.25, 0.3) is 0 Å². The van der Waals surface area contributed by atoms with E-state index in [-0.39, 0.29) is 12.1 Å². The van der Waals surface area contributed by atoms with E-state index in [1.54, 1.807) is 0 Å². The molecule has 5 heteroatoms. The van der Waals surface area contributed by atoms with Crippen LogP contribution in [0.1, 0.15) is 18.4 Å². The van der Waals surface area contributed by atoms with Crippen molar-refractivity contribution in [2.24, 2.45) is 0 Å². The summed E-state index contributed by atoms with van der Waals surface area (Å²) in [6, 6.07) is 58.3. The van der Waals surface area contributed by atoms with E-state index in [1.807, 2.05) is 6.07 Å². The highest BCUT2D eigenvalue weighted by Gasteiger charge is 2.25. The highest BCUT2D eigenvalue weighted by molar-refractivity contribution is 6.88. The van der Waals surface area contributed by atoms with Gasteiger partial charge in [0.2, 0.25) is 0 Å². The van der Waals surface area contributed by atoms with Crippen molar-refractivity contribution in [3.8, 4) is 28.4 Å². The summed E-state index contributed by atoms with van der Waals surface area (Å²) in [7, 11) is -1.44. The second kappa shape index (κ2) is 17.4. The number of ether oxygens (including phenoxy) is 2. The van der Waals surface area contributed by atoms with Crippen LogP contribution in [0.4, 0.5) is 22.7 Å². The zero-order chi connectivity index (χ0) is 41.8. The smallest absolute Gasteiger partial charge is 0.135 e. The molecule has 0 amide bonds. The van der Waals surface area contributed by atoms with Gasteiger partial charge in [0.05, 0.1) is 14.1 Å². The number of anilines is 4. The van der Waals surface area contributed by atoms with Crippen LogP contribution in [0.2, 0.25) is 19.6 Å². The van der Waals surface area contributed by atoms with Crippen LogP contribution in [0, 0.1) is 6.92 Å². The van der Waals surface area contributed by atoms with Gasteiger partial charge in [0.1, 0.15) is 23.4 Å². The van der Waals surface area contributed by atoms with Gasteiger partial charge in [0, 0.05) is 57.3 Å². The van der Waals surface area contributed by atoms with Gasteiger partial charge in [0.15, 0.2) is 0 Å². The van der Waals surface area contributed by atoms with Gasteiger partial charge in [-0.25, -0.2) is 0 Å². The molecule has 0 saturated carbocycles. The molecule has 0 fully saturated rings. The largest absolute Gasteiger partial charge is 0.485 e. The van der Waals surface area contributed by atoms with E-state index in [0.717, 1.165) is 69.2 Å². The van der Waals surface area contributed by atoms with Crippen molar-refractivity contribution in [2.45, 2.75) is 51.6 Å². The Kier molecular flexibility index (Phi) is 11.3. The normalized spacial score (nSPS) is 16.0. The molecule has 2 atom stereocenters. The molecule has 0 saturated heterocycles. The molecular weight excluding hydrogens is 761 g/mol. The van der Waals surface area contributed by atoms with Gasteiger partial charge < -0.3 is 19.3 Å². The maximum absolute atomic E-state index is 6.94. The van der Waals surface area contributed by atoms with Gasteiger partial charge in [-0.05, 0) is 91.2 Å². The first-order valence-electron chi connectivity index (χ1n) is 21.4. The maximum atomic E-state index is 6.94. The summed E-state index contributed by atoms with van der Waals surface area (Å²) in [5.74, 6) is 2.41. The number of fused-ring (bicyclic) bond motifs is 1. The van der Waals surface area contributed by atoms with Crippen LogP contribution in [-0.2, 0) is 0 Å². The first-order valence-corrected chi connectivity index (χ1v) is 24.9. The Morgan fingerprint density at radius 3 is 2.10 bits per heavy atom. The molecule has 2 unspecified atom stereocenters. The molecule has 0 bridgehead atoms. The molecule has 0 radical (unpaired) electrons. The molecule has 0 heterocycles. The Bertz CT molecular complexity index is 2770. The van der Waals surface area contributed by atoms with Crippen molar-refractivity contribution in [2.75, 3.05) is 9.80 Å². The van der Waals surface area contributed by atoms with Crippen LogP contribution >= 0.6 is 0 Å². The highest BCUT2D eigenvalue weighted by Crippen LogP contribution is 2.42. The van der Waals surface area contributed by atoms with Crippen LogP contribution in [0.5, 0.6) is 17.2 Å². The molecule has 7 aromatic carbocycles. The molecule has 0 spiro atoms. The molecule has 2 aliphatic rings. The molecule has 0 aromatic heterocycles. The zero-order valence-electron chi connectivity index (χ0n) is 35.4. The molecule has 61 heavy (non-hydrogen) atoms. The summed E-state index contributed by atoms with van der Waals surface area (Å²) >= 11 is 0. The summed E-state index contributed by atoms with van der Waals surface area (Å²) in [6.45, 7) is 9.33. The van der Waals surface area contributed by atoms with E-state index in [9.17, 15) is 0 Å². The van der Waals surface area contributed by atoms with Crippen LogP contribution in [0.3, 0.4) is 0 Å². The van der Waals surface area contributed by atoms with Crippen molar-refractivity contribution < 1.29 is 9.47 Å². The lowest BCUT2D eigenvalue weighted by atomic mass is 9.99. The van der Waals surface area contributed by atoms with E-state index in [0.29, 0.717) is 0 Å². The van der Waals surface area contributed by atoms with Crippen molar-refractivity contribution in [3.05, 3.63) is 218 Å². The minimum atomic E-state index is -1.44. The molecule has 302 valence electrons. The van der Waals surface area contributed by atoms with Gasteiger partial charge in [-0.15, -0.1) is 0 Å². The second-order valence-electron chi connectivity index (χ2n) is 16.9. The maximum Gasteiger partial charge on any atom is 0.135 e. The Morgan fingerprint density at radius 1 is 0.607 bits per heavy atom. The predicted octanol–water partition coefficient (Wildman–Crippen LogP) is 14.6. The first kappa shape index (κ1) is 39.6. The highest BCUT2D eigenvalue weighted by atomic mass is 28.3. The standard InChI is InChI=1S/C56H52N2O2Si/c1-41-33-38-54(59-48-27-16-25-46(39-48)57(43-21-10-6-11-22-43)45-34-36-50(37-35-45)61(2,3)4)52-30-18-32-55(56(41)52)60-49-28-17-26-47(40-49)58(44-23-12-7-13-24-44)53-31-15-14-29-51(53)42-19-8-5-9-20-42/h5-23,25-38,40,44,48H,24,39H2,1-4H3. The molecule has 0 aliphatic heterocycles. The van der Waals surface area contributed by atoms with Crippen LogP contribution in [-0.4, -0.2) is 20.2 Å². The lowest BCUT2D eigenvalue weighted by Crippen LogP contribution is -2.37. The van der Waals surface area contributed by atoms with Crippen molar-refractivity contribution >= 4 is 46.8 Å². The van der Waals surface area contributed by atoms with Gasteiger partial charge in [-0.3, -0.25) is 0 Å². The number of hydrogen-bond donors (Lipinski definition) is 0. The van der Waals surface area contributed by atoms with E-state index in [1.165, 1.54) is 22.0 Å². The summed E-state index contributed by atoms with van der Waals surface area (Å²) < 4.78 is 13.8. The number of rotatable bonds is 12. The van der Waals surface area contributed by atoms with Gasteiger partial charge in [-0.2, -0.15) is 0 Å². The molecular formula is C56H52N2O2Si. The average molecular weight is 813 g/mol. The van der Waals surface area contributed by atoms with Crippen LogP contribution in [0.25, 0.3) is 21.9 Å². The number of nitrogens with zero attached hydrogens (tertiary/aromatic N) is 2. The minimum absolute atomic E-state index is 0.143. The number of para-hydroxylation sites is 2. The van der Waals surface area contributed by atoms with Crippen molar-refractivity contribution in [3.63, 3.8) is 0 Å². The molecule has 2 aliphatic carbocycles. The Balaban J connectivity index is 1.00. The quantitative estimate of drug-likeness (QED) is 0.115. The molecule has 9 rings (SSSR count). The van der Waals surface area contributed by atoms with Crippen molar-refractivity contribution in [1.82, 2.24) is 0 Å². The summed E-state index contributed by atoms with van der Waals surface area (Å²) in [5, 5.41) is 3.52. The van der Waals surface area contributed by atoms with E-state index >= 15 is 0 Å². The van der Waals surface area contributed by atoms with E-state index < -0.39 is 8.07 Å². The fourth-order valence-corrected chi connectivity index (χ4v) is 9.72. The topological polar surface area (TPSA) is 24.9 Å². The third kappa shape index (κ3) is 8.61. The Morgan fingerprint density at radius 2 is 1.33 bits per heavy atom. The van der Waals surface area contributed by atoms with E-state index in [4.69, 9.17) is 9.47 Å². The summed E-state index contributed by atoms with van der Waals surface area (Å²) in [6.07, 6.45) is 16.8. The third-order valence-electron chi connectivity index (χ3n) is 11.6. The minimum Gasteiger partial charge on any atom is -0.485 e. The average Bonchev–Trinajstić information content (AvgIpc) is 3.29. The zero-order valence-corrected chi connectivity index (χ0v) is 36.4. The number of aryl methyl sites for hydroxylation is 1. The van der Waals surface area contributed by atoms with Crippen molar-refractivity contribution in [1.29, 1.82) is 0 Å². The summed E-state index contributed by atoms with van der Waals surface area (Å²) in [5.41, 5.74) is 9.18. The first-order chi connectivity index (χ1) is 29.8. The Labute approximate surface area is 362 Å². The number of allylic oxidation sites excluding steroid dienone is 4. The SMILES string of the molecule is Cc1ccc(OC2C=CC=C(N(c3ccccc3)c3ccc([Si](C)(C)C)cc3)C2)c2cccc(Oc3cccc(N(c4ccccc4-c4ccccc4)C4C=CC=CC4)c3)c12. The predicted molar refractivity (Wildman–Crippen MR) is 260 cm³/mol. The molecule has 4 nitrogen and oxygen atoms in total. The second-order valence-corrected chi connectivity index (χ2v) is 22.0.